The molecule has 4 aromatic rings. The Hall–Kier alpha value is -4.52. The van der Waals surface area contributed by atoms with Crippen molar-refractivity contribution >= 4 is 17.7 Å². The van der Waals surface area contributed by atoms with Crippen molar-refractivity contribution in [1.82, 2.24) is 15.1 Å². The Kier molecular flexibility index (Phi) is 6.70. The number of aromatic nitrogens is 2. The van der Waals surface area contributed by atoms with Gasteiger partial charge in [0.2, 0.25) is 5.91 Å². The summed E-state index contributed by atoms with van der Waals surface area (Å²) in [5.74, 6) is -0.238. The highest BCUT2D eigenvalue weighted by atomic mass is 16.6. The quantitative estimate of drug-likeness (QED) is 0.242. The molecule has 33 heavy (non-hydrogen) atoms. The molecule has 0 spiro atoms. The number of benzene rings is 3. The minimum atomic E-state index is -0.454. The minimum absolute atomic E-state index is 0.0163. The first kappa shape index (κ1) is 21.7. The van der Waals surface area contributed by atoms with Gasteiger partial charge in [0.05, 0.1) is 11.5 Å². The molecule has 0 saturated carbocycles. The first-order valence-corrected chi connectivity index (χ1v) is 10.4. The Labute approximate surface area is 191 Å². The van der Waals surface area contributed by atoms with Crippen molar-refractivity contribution in [3.63, 3.8) is 0 Å². The van der Waals surface area contributed by atoms with E-state index < -0.39 is 4.92 Å². The average Bonchev–Trinajstić information content (AvgIpc) is 3.35. The van der Waals surface area contributed by atoms with E-state index in [1.54, 1.807) is 24.4 Å². The van der Waals surface area contributed by atoms with Crippen LogP contribution in [0.15, 0.2) is 97.3 Å². The van der Waals surface area contributed by atoms with Crippen LogP contribution >= 0.6 is 0 Å². The Morgan fingerprint density at radius 1 is 1.00 bits per heavy atom. The number of non-ortho nitro benzene ring substituents is 1. The van der Waals surface area contributed by atoms with E-state index in [0.717, 1.165) is 22.3 Å². The van der Waals surface area contributed by atoms with E-state index in [0.29, 0.717) is 18.7 Å². The van der Waals surface area contributed by atoms with Crippen LogP contribution in [0.5, 0.6) is 0 Å². The fraction of sp³-hybridized carbons (Fsp3) is 0.0769. The zero-order valence-electron chi connectivity index (χ0n) is 17.8. The topological polar surface area (TPSA) is 90.1 Å². The lowest BCUT2D eigenvalue weighted by Crippen LogP contribution is -2.20. The van der Waals surface area contributed by atoms with Gasteiger partial charge in [-0.2, -0.15) is 5.10 Å². The first-order valence-electron chi connectivity index (χ1n) is 10.4. The second-order valence-corrected chi connectivity index (χ2v) is 7.46. The molecule has 1 amide bonds. The lowest BCUT2D eigenvalue weighted by molar-refractivity contribution is -0.384. The fourth-order valence-electron chi connectivity index (χ4n) is 3.45. The molecule has 0 aliphatic heterocycles. The van der Waals surface area contributed by atoms with Crippen LogP contribution in [0.2, 0.25) is 0 Å². The van der Waals surface area contributed by atoms with Crippen molar-refractivity contribution in [3.05, 3.63) is 124 Å². The molecule has 0 aliphatic carbocycles. The Bertz CT molecular complexity index is 1260. The van der Waals surface area contributed by atoms with Gasteiger partial charge in [0, 0.05) is 37.1 Å². The van der Waals surface area contributed by atoms with Crippen molar-refractivity contribution in [2.75, 3.05) is 0 Å². The summed E-state index contributed by atoms with van der Waals surface area (Å²) in [5, 5.41) is 17.9. The Balaban J connectivity index is 1.39. The summed E-state index contributed by atoms with van der Waals surface area (Å²) in [6.45, 7) is 1.10. The molecular weight excluding hydrogens is 416 g/mol. The number of hydrogen-bond acceptors (Lipinski definition) is 4. The second kappa shape index (κ2) is 10.2. The summed E-state index contributed by atoms with van der Waals surface area (Å²) < 4.78 is 1.88. The standard InChI is InChI=1S/C26H22N4O3/c31-26(15-10-20-8-13-24(14-9-20)30(32)33)27-18-23-4-1-2-5-25(23)22-11-6-21(7-12-22)19-29-17-3-16-28-29/h1-17H,18-19H2,(H,27,31)/b15-10+. The Morgan fingerprint density at radius 3 is 2.45 bits per heavy atom. The molecule has 1 aromatic heterocycles. The summed E-state index contributed by atoms with van der Waals surface area (Å²) in [7, 11) is 0. The molecule has 0 fully saturated rings. The summed E-state index contributed by atoms with van der Waals surface area (Å²) in [6, 6.07) is 24.2. The largest absolute Gasteiger partial charge is 0.348 e. The predicted molar refractivity (Wildman–Crippen MR) is 127 cm³/mol. The molecule has 4 rings (SSSR count). The number of carbonyl (C=O) groups is 1. The molecule has 7 heteroatoms. The number of nitro benzene ring substituents is 1. The molecule has 164 valence electrons. The molecule has 0 aliphatic rings. The molecule has 0 atom stereocenters. The molecule has 0 saturated heterocycles. The van der Waals surface area contributed by atoms with Gasteiger partial charge in [0.1, 0.15) is 0 Å². The molecule has 0 radical (unpaired) electrons. The molecule has 0 bridgehead atoms. The van der Waals surface area contributed by atoms with Gasteiger partial charge in [-0.25, -0.2) is 0 Å². The Morgan fingerprint density at radius 2 is 1.76 bits per heavy atom. The van der Waals surface area contributed by atoms with E-state index >= 15 is 0 Å². The van der Waals surface area contributed by atoms with Gasteiger partial charge in [0.25, 0.3) is 5.69 Å². The molecule has 1 heterocycles. The van der Waals surface area contributed by atoms with Crippen LogP contribution in [0.1, 0.15) is 16.7 Å². The van der Waals surface area contributed by atoms with E-state index in [1.807, 2.05) is 41.2 Å². The van der Waals surface area contributed by atoms with Gasteiger partial charge in [-0.3, -0.25) is 19.6 Å². The minimum Gasteiger partial charge on any atom is -0.348 e. The lowest BCUT2D eigenvalue weighted by atomic mass is 9.98. The zero-order valence-corrected chi connectivity index (χ0v) is 17.8. The maximum absolute atomic E-state index is 12.3. The van der Waals surface area contributed by atoms with Gasteiger partial charge in [-0.1, -0.05) is 48.5 Å². The maximum Gasteiger partial charge on any atom is 0.269 e. The molecular formula is C26H22N4O3. The van der Waals surface area contributed by atoms with Crippen molar-refractivity contribution in [2.24, 2.45) is 0 Å². The zero-order chi connectivity index (χ0) is 23.0. The highest BCUT2D eigenvalue weighted by molar-refractivity contribution is 5.91. The third-order valence-corrected chi connectivity index (χ3v) is 5.17. The van der Waals surface area contributed by atoms with Crippen LogP contribution in [-0.4, -0.2) is 20.6 Å². The van der Waals surface area contributed by atoms with Crippen LogP contribution in [0.25, 0.3) is 17.2 Å². The number of hydrogen-bond donors (Lipinski definition) is 1. The van der Waals surface area contributed by atoms with Gasteiger partial charge < -0.3 is 5.32 Å². The molecule has 0 unspecified atom stereocenters. The highest BCUT2D eigenvalue weighted by Gasteiger charge is 2.07. The summed E-state index contributed by atoms with van der Waals surface area (Å²) in [6.07, 6.45) is 6.75. The normalized spacial score (nSPS) is 10.9. The second-order valence-electron chi connectivity index (χ2n) is 7.46. The maximum atomic E-state index is 12.3. The summed E-state index contributed by atoms with van der Waals surface area (Å²) in [4.78, 5) is 22.6. The monoisotopic (exact) mass is 438 g/mol. The predicted octanol–water partition coefficient (Wildman–Crippen LogP) is 4.84. The fourth-order valence-corrected chi connectivity index (χ4v) is 3.45. The van der Waals surface area contributed by atoms with Crippen LogP contribution in [0.3, 0.4) is 0 Å². The van der Waals surface area contributed by atoms with E-state index in [2.05, 4.69) is 34.7 Å². The first-order chi connectivity index (χ1) is 16.1. The SMILES string of the molecule is O=C(/C=C/c1ccc([N+](=O)[O-])cc1)NCc1ccccc1-c1ccc(Cn2cccn2)cc1. The number of nitrogens with zero attached hydrogens (tertiary/aromatic N) is 3. The van der Waals surface area contributed by atoms with Crippen molar-refractivity contribution < 1.29 is 9.72 Å². The number of nitrogens with one attached hydrogen (secondary N) is 1. The third kappa shape index (κ3) is 5.80. The molecule has 7 nitrogen and oxygen atoms in total. The van der Waals surface area contributed by atoms with Gasteiger partial charge >= 0.3 is 0 Å². The van der Waals surface area contributed by atoms with Crippen LogP contribution in [0.4, 0.5) is 5.69 Å². The lowest BCUT2D eigenvalue weighted by Gasteiger charge is -2.11. The van der Waals surface area contributed by atoms with Crippen molar-refractivity contribution in [2.45, 2.75) is 13.1 Å². The number of carbonyl (C=O) groups excluding carboxylic acids is 1. The van der Waals surface area contributed by atoms with Crippen LogP contribution in [-0.2, 0) is 17.9 Å². The van der Waals surface area contributed by atoms with E-state index in [1.165, 1.54) is 18.2 Å². The molecule has 3 aromatic carbocycles. The van der Waals surface area contributed by atoms with Gasteiger partial charge in [-0.05, 0) is 52.1 Å². The number of amides is 1. The van der Waals surface area contributed by atoms with Gasteiger partial charge in [-0.15, -0.1) is 0 Å². The van der Waals surface area contributed by atoms with E-state index in [9.17, 15) is 14.9 Å². The van der Waals surface area contributed by atoms with E-state index in [4.69, 9.17) is 0 Å². The van der Waals surface area contributed by atoms with Crippen molar-refractivity contribution in [3.8, 4) is 11.1 Å². The van der Waals surface area contributed by atoms with Gasteiger partial charge in [0.15, 0.2) is 0 Å². The third-order valence-electron chi connectivity index (χ3n) is 5.17. The number of nitro groups is 1. The average molecular weight is 438 g/mol. The highest BCUT2D eigenvalue weighted by Crippen LogP contribution is 2.24. The van der Waals surface area contributed by atoms with Crippen LogP contribution in [0, 0.1) is 10.1 Å². The van der Waals surface area contributed by atoms with Crippen molar-refractivity contribution in [1.29, 1.82) is 0 Å². The summed E-state index contributed by atoms with van der Waals surface area (Å²) in [5.41, 5.74) is 5.03. The summed E-state index contributed by atoms with van der Waals surface area (Å²) >= 11 is 0. The molecule has 1 N–H and O–H groups in total. The van der Waals surface area contributed by atoms with E-state index in [-0.39, 0.29) is 11.6 Å². The van der Waals surface area contributed by atoms with Crippen LogP contribution < -0.4 is 5.32 Å². The smallest absolute Gasteiger partial charge is 0.269 e. The number of rotatable bonds is 8.